The SMILES string of the molecule is CC1C(=O)NCCN1CCCCC(=O)O. The van der Waals surface area contributed by atoms with Crippen molar-refractivity contribution in [3.63, 3.8) is 0 Å². The summed E-state index contributed by atoms with van der Waals surface area (Å²) in [6, 6.07) is -0.0800. The van der Waals surface area contributed by atoms with Gasteiger partial charge in [-0.25, -0.2) is 0 Å². The number of carboxylic acid groups (broad SMARTS) is 1. The standard InChI is InChI=1S/C10H18N2O3/c1-8-10(15)11-5-7-12(8)6-3-2-4-9(13)14/h8H,2-7H2,1H3,(H,11,15)(H,13,14). The first-order valence-corrected chi connectivity index (χ1v) is 5.35. The fourth-order valence-electron chi connectivity index (χ4n) is 1.73. The van der Waals surface area contributed by atoms with Gasteiger partial charge in [-0.3, -0.25) is 14.5 Å². The third-order valence-electron chi connectivity index (χ3n) is 2.71. The Kier molecular flexibility index (Phi) is 4.55. The van der Waals surface area contributed by atoms with Crippen LogP contribution in [0.25, 0.3) is 0 Å². The Morgan fingerprint density at radius 2 is 2.33 bits per heavy atom. The molecule has 0 aliphatic carbocycles. The molecule has 0 aromatic rings. The van der Waals surface area contributed by atoms with Gasteiger partial charge in [-0.15, -0.1) is 0 Å². The van der Waals surface area contributed by atoms with Gasteiger partial charge in [0, 0.05) is 19.5 Å². The number of nitrogens with zero attached hydrogens (tertiary/aromatic N) is 1. The van der Waals surface area contributed by atoms with Crippen LogP contribution >= 0.6 is 0 Å². The second kappa shape index (κ2) is 5.70. The molecule has 1 saturated heterocycles. The lowest BCUT2D eigenvalue weighted by atomic mass is 10.1. The Bertz CT molecular complexity index is 243. The highest BCUT2D eigenvalue weighted by molar-refractivity contribution is 5.81. The number of piperazine rings is 1. The minimum absolute atomic E-state index is 0.0690. The van der Waals surface area contributed by atoms with Crippen LogP contribution in [0.5, 0.6) is 0 Å². The van der Waals surface area contributed by atoms with Crippen LogP contribution in [0.3, 0.4) is 0 Å². The average molecular weight is 214 g/mol. The third kappa shape index (κ3) is 3.87. The third-order valence-corrected chi connectivity index (χ3v) is 2.71. The van der Waals surface area contributed by atoms with E-state index in [1.807, 2.05) is 6.92 Å². The second-order valence-electron chi connectivity index (χ2n) is 3.85. The number of nitrogens with one attached hydrogen (secondary N) is 1. The molecule has 0 radical (unpaired) electrons. The van der Waals surface area contributed by atoms with E-state index in [9.17, 15) is 9.59 Å². The molecule has 2 N–H and O–H groups in total. The molecule has 86 valence electrons. The highest BCUT2D eigenvalue weighted by atomic mass is 16.4. The normalized spacial score (nSPS) is 22.5. The summed E-state index contributed by atoms with van der Waals surface area (Å²) in [6.07, 6.45) is 1.73. The highest BCUT2D eigenvalue weighted by Crippen LogP contribution is 2.06. The van der Waals surface area contributed by atoms with Crippen molar-refractivity contribution in [2.24, 2.45) is 0 Å². The molecular formula is C10H18N2O3. The van der Waals surface area contributed by atoms with Crippen LogP contribution in [-0.2, 0) is 9.59 Å². The molecule has 5 nitrogen and oxygen atoms in total. The predicted molar refractivity (Wildman–Crippen MR) is 55.5 cm³/mol. The van der Waals surface area contributed by atoms with E-state index in [4.69, 9.17) is 5.11 Å². The Hall–Kier alpha value is -1.10. The van der Waals surface area contributed by atoms with Crippen molar-refractivity contribution in [1.29, 1.82) is 0 Å². The Morgan fingerprint density at radius 1 is 1.60 bits per heavy atom. The first-order chi connectivity index (χ1) is 7.11. The monoisotopic (exact) mass is 214 g/mol. The summed E-state index contributed by atoms with van der Waals surface area (Å²) >= 11 is 0. The van der Waals surface area contributed by atoms with Crippen molar-refractivity contribution in [1.82, 2.24) is 10.2 Å². The van der Waals surface area contributed by atoms with Crippen molar-refractivity contribution >= 4 is 11.9 Å². The van der Waals surface area contributed by atoms with Crippen LogP contribution in [0.15, 0.2) is 0 Å². The van der Waals surface area contributed by atoms with Gasteiger partial charge in [0.1, 0.15) is 0 Å². The van der Waals surface area contributed by atoms with Crippen LogP contribution < -0.4 is 5.32 Å². The van der Waals surface area contributed by atoms with E-state index >= 15 is 0 Å². The zero-order valence-corrected chi connectivity index (χ0v) is 9.03. The Labute approximate surface area is 89.4 Å². The lowest BCUT2D eigenvalue weighted by Crippen LogP contribution is -2.53. The lowest BCUT2D eigenvalue weighted by molar-refractivity contribution is -0.137. The van der Waals surface area contributed by atoms with Gasteiger partial charge in [-0.05, 0) is 26.3 Å². The lowest BCUT2D eigenvalue weighted by Gasteiger charge is -2.32. The molecule has 0 aromatic carbocycles. The Balaban J connectivity index is 2.19. The van der Waals surface area contributed by atoms with Crippen LogP contribution in [0.1, 0.15) is 26.2 Å². The second-order valence-corrected chi connectivity index (χ2v) is 3.85. The van der Waals surface area contributed by atoms with Crippen LogP contribution in [0.2, 0.25) is 0 Å². The van der Waals surface area contributed by atoms with Crippen molar-refractivity contribution in [2.45, 2.75) is 32.2 Å². The number of carboxylic acids is 1. The quantitative estimate of drug-likeness (QED) is 0.635. The van der Waals surface area contributed by atoms with Crippen molar-refractivity contribution in [3.8, 4) is 0 Å². The zero-order chi connectivity index (χ0) is 11.3. The summed E-state index contributed by atoms with van der Waals surface area (Å²) in [5.41, 5.74) is 0. The van der Waals surface area contributed by atoms with Crippen LogP contribution in [0, 0.1) is 0 Å². The van der Waals surface area contributed by atoms with E-state index < -0.39 is 5.97 Å². The summed E-state index contributed by atoms with van der Waals surface area (Å²) < 4.78 is 0. The van der Waals surface area contributed by atoms with E-state index in [0.29, 0.717) is 13.0 Å². The summed E-state index contributed by atoms with van der Waals surface area (Å²) in [5.74, 6) is -0.682. The summed E-state index contributed by atoms with van der Waals surface area (Å²) in [4.78, 5) is 23.7. The molecule has 1 atom stereocenters. The van der Waals surface area contributed by atoms with Gasteiger partial charge in [0.2, 0.25) is 5.91 Å². The fourth-order valence-corrected chi connectivity index (χ4v) is 1.73. The van der Waals surface area contributed by atoms with Crippen LogP contribution in [0.4, 0.5) is 0 Å². The predicted octanol–water partition coefficient (Wildman–Crippen LogP) is 0.0616. The molecule has 0 bridgehead atoms. The summed E-state index contributed by atoms with van der Waals surface area (Å²) in [5, 5.41) is 11.3. The molecule has 1 heterocycles. The van der Waals surface area contributed by atoms with E-state index in [1.165, 1.54) is 0 Å². The first-order valence-electron chi connectivity index (χ1n) is 5.35. The largest absolute Gasteiger partial charge is 0.481 e. The smallest absolute Gasteiger partial charge is 0.303 e. The minimum atomic E-state index is -0.751. The van der Waals surface area contributed by atoms with Gasteiger partial charge in [-0.1, -0.05) is 0 Å². The topological polar surface area (TPSA) is 69.6 Å². The van der Waals surface area contributed by atoms with E-state index in [0.717, 1.165) is 19.5 Å². The molecule has 1 rings (SSSR count). The van der Waals surface area contributed by atoms with Gasteiger partial charge >= 0.3 is 5.97 Å². The number of carbonyl (C=O) groups excluding carboxylic acids is 1. The molecular weight excluding hydrogens is 196 g/mol. The molecule has 1 aliphatic rings. The molecule has 15 heavy (non-hydrogen) atoms. The van der Waals surface area contributed by atoms with Gasteiger partial charge in [0.25, 0.3) is 0 Å². The average Bonchev–Trinajstić information content (AvgIpc) is 2.18. The number of hydrogen-bond donors (Lipinski definition) is 2. The molecule has 1 unspecified atom stereocenters. The number of rotatable bonds is 5. The molecule has 0 spiro atoms. The fraction of sp³-hybridized carbons (Fsp3) is 0.800. The Morgan fingerprint density at radius 3 is 3.00 bits per heavy atom. The molecule has 0 aromatic heterocycles. The van der Waals surface area contributed by atoms with Gasteiger partial charge in [0.05, 0.1) is 6.04 Å². The first kappa shape index (κ1) is 12.0. The number of amides is 1. The highest BCUT2D eigenvalue weighted by Gasteiger charge is 2.24. The van der Waals surface area contributed by atoms with E-state index in [1.54, 1.807) is 0 Å². The summed E-state index contributed by atoms with van der Waals surface area (Å²) in [6.45, 7) is 4.25. The van der Waals surface area contributed by atoms with Crippen molar-refractivity contribution < 1.29 is 14.7 Å². The molecule has 1 fully saturated rings. The van der Waals surface area contributed by atoms with E-state index in [-0.39, 0.29) is 18.4 Å². The number of hydrogen-bond acceptors (Lipinski definition) is 3. The van der Waals surface area contributed by atoms with Gasteiger partial charge < -0.3 is 10.4 Å². The molecule has 1 aliphatic heterocycles. The molecule has 5 heteroatoms. The van der Waals surface area contributed by atoms with E-state index in [2.05, 4.69) is 10.2 Å². The maximum Gasteiger partial charge on any atom is 0.303 e. The van der Waals surface area contributed by atoms with Gasteiger partial charge in [-0.2, -0.15) is 0 Å². The maximum atomic E-state index is 11.3. The molecule has 0 saturated carbocycles. The summed E-state index contributed by atoms with van der Waals surface area (Å²) in [7, 11) is 0. The maximum absolute atomic E-state index is 11.3. The van der Waals surface area contributed by atoms with Gasteiger partial charge in [0.15, 0.2) is 0 Å². The number of carbonyl (C=O) groups is 2. The van der Waals surface area contributed by atoms with Crippen molar-refractivity contribution in [2.75, 3.05) is 19.6 Å². The minimum Gasteiger partial charge on any atom is -0.481 e. The van der Waals surface area contributed by atoms with Crippen LogP contribution in [-0.4, -0.2) is 47.6 Å². The molecule has 1 amide bonds. The number of aliphatic carboxylic acids is 1. The van der Waals surface area contributed by atoms with Crippen molar-refractivity contribution in [3.05, 3.63) is 0 Å². The number of unbranched alkanes of at least 4 members (excludes halogenated alkanes) is 1. The zero-order valence-electron chi connectivity index (χ0n) is 9.03.